The lowest BCUT2D eigenvalue weighted by atomic mass is 9.75. The summed E-state index contributed by atoms with van der Waals surface area (Å²) in [7, 11) is 0. The maximum absolute atomic E-state index is 11.3. The van der Waals surface area contributed by atoms with Gasteiger partial charge in [0.05, 0.1) is 0 Å². The Kier molecular flexibility index (Phi) is 3.22. The topological polar surface area (TPSA) is 57.8 Å². The van der Waals surface area contributed by atoms with Gasteiger partial charge in [0, 0.05) is 12.1 Å². The van der Waals surface area contributed by atoms with Crippen molar-refractivity contribution >= 4 is 5.82 Å². The second kappa shape index (κ2) is 4.51. The summed E-state index contributed by atoms with van der Waals surface area (Å²) in [5.41, 5.74) is 0.307. The predicted octanol–water partition coefficient (Wildman–Crippen LogP) is 2.46. The molecular weight excluding hydrogens is 214 g/mol. The number of nitrogens with zero attached hydrogens (tertiary/aromatic N) is 1. The molecule has 1 aromatic heterocycles. The van der Waals surface area contributed by atoms with Crippen molar-refractivity contribution in [2.24, 2.45) is 5.41 Å². The summed E-state index contributed by atoms with van der Waals surface area (Å²) < 4.78 is 0. The first-order chi connectivity index (χ1) is 7.94. The zero-order chi connectivity index (χ0) is 12.5. The number of anilines is 1. The van der Waals surface area contributed by atoms with Crippen molar-refractivity contribution in [2.45, 2.75) is 52.5 Å². The van der Waals surface area contributed by atoms with Crippen LogP contribution in [0.2, 0.25) is 0 Å². The molecule has 4 heteroatoms. The third-order valence-electron chi connectivity index (χ3n) is 3.42. The second-order valence-corrected chi connectivity index (χ2v) is 5.82. The molecule has 1 aliphatic carbocycles. The number of aromatic nitrogens is 2. The summed E-state index contributed by atoms with van der Waals surface area (Å²) in [6.45, 7) is 6.41. The van der Waals surface area contributed by atoms with Crippen LogP contribution in [-0.2, 0) is 0 Å². The molecule has 1 aromatic rings. The van der Waals surface area contributed by atoms with Crippen molar-refractivity contribution < 1.29 is 0 Å². The van der Waals surface area contributed by atoms with Gasteiger partial charge in [-0.1, -0.05) is 20.3 Å². The van der Waals surface area contributed by atoms with Crippen LogP contribution >= 0.6 is 0 Å². The minimum atomic E-state index is -0.0879. The van der Waals surface area contributed by atoms with E-state index in [1.165, 1.54) is 18.9 Å². The van der Waals surface area contributed by atoms with Gasteiger partial charge in [0.25, 0.3) is 5.56 Å². The Morgan fingerprint density at radius 2 is 2.29 bits per heavy atom. The zero-order valence-electron chi connectivity index (χ0n) is 10.8. The molecule has 1 heterocycles. The van der Waals surface area contributed by atoms with Gasteiger partial charge in [0.1, 0.15) is 11.6 Å². The van der Waals surface area contributed by atoms with Gasteiger partial charge in [-0.25, -0.2) is 4.98 Å². The highest BCUT2D eigenvalue weighted by molar-refractivity contribution is 5.34. The Balaban J connectivity index is 2.07. The van der Waals surface area contributed by atoms with Crippen LogP contribution < -0.4 is 10.9 Å². The van der Waals surface area contributed by atoms with Crippen molar-refractivity contribution in [2.75, 3.05) is 5.32 Å². The Morgan fingerprint density at radius 1 is 1.53 bits per heavy atom. The van der Waals surface area contributed by atoms with E-state index in [2.05, 4.69) is 29.1 Å². The lowest BCUT2D eigenvalue weighted by Gasteiger charge is -2.35. The van der Waals surface area contributed by atoms with Gasteiger partial charge in [-0.3, -0.25) is 4.79 Å². The first-order valence-electron chi connectivity index (χ1n) is 6.29. The Labute approximate surface area is 102 Å². The molecule has 2 N–H and O–H groups in total. The smallest absolute Gasteiger partial charge is 0.252 e. The van der Waals surface area contributed by atoms with Gasteiger partial charge in [-0.05, 0) is 31.6 Å². The van der Waals surface area contributed by atoms with E-state index in [9.17, 15) is 4.79 Å². The van der Waals surface area contributed by atoms with Crippen LogP contribution in [-0.4, -0.2) is 16.0 Å². The molecule has 1 atom stereocenters. The molecule has 1 saturated carbocycles. The summed E-state index contributed by atoms with van der Waals surface area (Å²) in [6, 6.07) is 1.97. The summed E-state index contributed by atoms with van der Waals surface area (Å²) in [5, 5.41) is 3.39. The number of rotatable bonds is 2. The van der Waals surface area contributed by atoms with Gasteiger partial charge < -0.3 is 10.3 Å². The van der Waals surface area contributed by atoms with E-state index >= 15 is 0 Å². The van der Waals surface area contributed by atoms with Gasteiger partial charge >= 0.3 is 0 Å². The fourth-order valence-electron chi connectivity index (χ4n) is 2.68. The molecule has 0 saturated heterocycles. The average Bonchev–Trinajstić information content (AvgIpc) is 2.13. The van der Waals surface area contributed by atoms with Gasteiger partial charge in [0.2, 0.25) is 0 Å². The Bertz CT molecular complexity index is 450. The van der Waals surface area contributed by atoms with Crippen LogP contribution in [0.15, 0.2) is 10.9 Å². The number of H-pyrrole nitrogens is 1. The van der Waals surface area contributed by atoms with Crippen LogP contribution in [0.1, 0.15) is 45.4 Å². The molecule has 17 heavy (non-hydrogen) atoms. The van der Waals surface area contributed by atoms with Crippen LogP contribution in [0.25, 0.3) is 0 Å². The summed E-state index contributed by atoms with van der Waals surface area (Å²) in [4.78, 5) is 18.3. The first-order valence-corrected chi connectivity index (χ1v) is 6.29. The van der Waals surface area contributed by atoms with E-state index in [1.807, 2.05) is 0 Å². The molecule has 0 radical (unpaired) electrons. The summed E-state index contributed by atoms with van der Waals surface area (Å²) in [6.07, 6.45) is 4.83. The maximum atomic E-state index is 11.3. The fraction of sp³-hybridized carbons (Fsp3) is 0.692. The fourth-order valence-corrected chi connectivity index (χ4v) is 2.68. The highest BCUT2D eigenvalue weighted by atomic mass is 16.1. The molecule has 4 nitrogen and oxygen atoms in total. The third-order valence-corrected chi connectivity index (χ3v) is 3.42. The van der Waals surface area contributed by atoms with Crippen LogP contribution in [0.3, 0.4) is 0 Å². The largest absolute Gasteiger partial charge is 0.367 e. The molecule has 0 bridgehead atoms. The number of aromatic amines is 1. The second-order valence-electron chi connectivity index (χ2n) is 5.82. The molecule has 2 rings (SSSR count). The molecule has 0 aliphatic heterocycles. The van der Waals surface area contributed by atoms with Crippen molar-refractivity contribution in [1.82, 2.24) is 9.97 Å². The van der Waals surface area contributed by atoms with E-state index in [4.69, 9.17) is 0 Å². The van der Waals surface area contributed by atoms with Crippen molar-refractivity contribution in [1.29, 1.82) is 0 Å². The minimum absolute atomic E-state index is 0.0879. The zero-order valence-corrected chi connectivity index (χ0v) is 10.8. The molecular formula is C13H21N3O. The number of hydrogen-bond donors (Lipinski definition) is 2. The SMILES string of the molecule is Cc1nc(NC2CCCC(C)(C)C2)cc(=O)[nH]1. The minimum Gasteiger partial charge on any atom is -0.367 e. The van der Waals surface area contributed by atoms with E-state index in [1.54, 1.807) is 6.92 Å². The number of hydrogen-bond acceptors (Lipinski definition) is 3. The standard InChI is InChI=1S/C13H21N3O/c1-9-14-11(7-12(17)15-9)16-10-5-4-6-13(2,3)8-10/h7,10H,4-6,8H2,1-3H3,(H2,14,15,16,17). The van der Waals surface area contributed by atoms with E-state index in [0.29, 0.717) is 23.1 Å². The quantitative estimate of drug-likeness (QED) is 0.828. The third kappa shape index (κ3) is 3.32. The summed E-state index contributed by atoms with van der Waals surface area (Å²) in [5.74, 6) is 1.36. The monoisotopic (exact) mass is 235 g/mol. The van der Waals surface area contributed by atoms with Gasteiger partial charge in [-0.15, -0.1) is 0 Å². The number of aryl methyl sites for hydroxylation is 1. The molecule has 0 aromatic carbocycles. The van der Waals surface area contributed by atoms with Crippen LogP contribution in [0, 0.1) is 12.3 Å². The molecule has 0 spiro atoms. The molecule has 1 aliphatic rings. The molecule has 1 fully saturated rings. The van der Waals surface area contributed by atoms with Crippen molar-refractivity contribution in [3.8, 4) is 0 Å². The van der Waals surface area contributed by atoms with Crippen molar-refractivity contribution in [3.05, 3.63) is 22.2 Å². The highest BCUT2D eigenvalue weighted by Gasteiger charge is 2.27. The Hall–Kier alpha value is -1.32. The molecule has 94 valence electrons. The average molecular weight is 235 g/mol. The van der Waals surface area contributed by atoms with E-state index in [0.717, 1.165) is 12.8 Å². The number of nitrogens with one attached hydrogen (secondary N) is 2. The van der Waals surface area contributed by atoms with E-state index in [-0.39, 0.29) is 5.56 Å². The molecule has 1 unspecified atom stereocenters. The highest BCUT2D eigenvalue weighted by Crippen LogP contribution is 2.35. The van der Waals surface area contributed by atoms with Crippen LogP contribution in [0.4, 0.5) is 5.82 Å². The Morgan fingerprint density at radius 3 is 2.94 bits per heavy atom. The molecule has 0 amide bonds. The first kappa shape index (κ1) is 12.1. The summed E-state index contributed by atoms with van der Waals surface area (Å²) >= 11 is 0. The normalized spacial score (nSPS) is 23.4. The van der Waals surface area contributed by atoms with Crippen LogP contribution in [0.5, 0.6) is 0 Å². The maximum Gasteiger partial charge on any atom is 0.252 e. The van der Waals surface area contributed by atoms with Gasteiger partial charge in [-0.2, -0.15) is 0 Å². The van der Waals surface area contributed by atoms with Crippen molar-refractivity contribution in [3.63, 3.8) is 0 Å². The van der Waals surface area contributed by atoms with Gasteiger partial charge in [0.15, 0.2) is 0 Å². The lowest BCUT2D eigenvalue weighted by Crippen LogP contribution is -2.32. The predicted molar refractivity (Wildman–Crippen MR) is 69.3 cm³/mol. The van der Waals surface area contributed by atoms with E-state index < -0.39 is 0 Å². The lowest BCUT2D eigenvalue weighted by molar-refractivity contribution is 0.229.